The first-order valence-electron chi connectivity index (χ1n) is 15.8. The highest BCUT2D eigenvalue weighted by molar-refractivity contribution is 7.99. The van der Waals surface area contributed by atoms with Gasteiger partial charge in [0.25, 0.3) is 0 Å². The molecule has 2 heterocycles. The van der Waals surface area contributed by atoms with E-state index in [0.29, 0.717) is 0 Å². The highest BCUT2D eigenvalue weighted by Gasteiger charge is 2.20. The zero-order valence-electron chi connectivity index (χ0n) is 24.9. The van der Waals surface area contributed by atoms with Gasteiger partial charge in [0.05, 0.1) is 16.7 Å². The van der Waals surface area contributed by atoms with Crippen LogP contribution >= 0.6 is 11.8 Å². The van der Waals surface area contributed by atoms with Crippen LogP contribution in [0.5, 0.6) is 0 Å². The number of hydrogen-bond acceptors (Lipinski definition) is 1. The summed E-state index contributed by atoms with van der Waals surface area (Å²) in [6, 6.07) is 60.3. The lowest BCUT2D eigenvalue weighted by molar-refractivity contribution is 1.18. The monoisotopic (exact) mass is 601 g/mol. The summed E-state index contributed by atoms with van der Waals surface area (Å²) in [5, 5.41) is 7.75. The Bertz CT molecular complexity index is 2660. The Labute approximate surface area is 271 Å². The Morgan fingerprint density at radius 3 is 1.93 bits per heavy atom. The van der Waals surface area contributed by atoms with Gasteiger partial charge in [0.2, 0.25) is 0 Å². The van der Waals surface area contributed by atoms with E-state index in [1.807, 2.05) is 11.8 Å². The van der Waals surface area contributed by atoms with Crippen LogP contribution in [0.4, 0.5) is 0 Å². The van der Waals surface area contributed by atoms with Crippen LogP contribution in [-0.4, -0.2) is 4.57 Å². The van der Waals surface area contributed by atoms with Gasteiger partial charge in [-0.05, 0) is 86.4 Å². The van der Waals surface area contributed by atoms with Crippen molar-refractivity contribution in [3.8, 4) is 39.1 Å². The molecule has 0 fully saturated rings. The minimum atomic E-state index is 1.19. The molecule has 0 spiro atoms. The van der Waals surface area contributed by atoms with Crippen molar-refractivity contribution in [3.63, 3.8) is 0 Å². The fourth-order valence-electron chi connectivity index (χ4n) is 7.41. The van der Waals surface area contributed by atoms with Crippen LogP contribution in [0.3, 0.4) is 0 Å². The zero-order valence-corrected chi connectivity index (χ0v) is 25.8. The molecule has 0 aliphatic carbocycles. The third kappa shape index (κ3) is 3.84. The third-order valence-electron chi connectivity index (χ3n) is 9.57. The largest absolute Gasteiger partial charge is 0.309 e. The van der Waals surface area contributed by atoms with Gasteiger partial charge in [-0.2, -0.15) is 0 Å². The van der Waals surface area contributed by atoms with E-state index in [1.54, 1.807) is 0 Å². The van der Waals surface area contributed by atoms with Crippen LogP contribution in [0, 0.1) is 0 Å². The van der Waals surface area contributed by atoms with Crippen LogP contribution in [-0.2, 0) is 0 Å². The fraction of sp³-hybridized carbons (Fsp3) is 0. The number of para-hydroxylation sites is 2. The summed E-state index contributed by atoms with van der Waals surface area (Å²) < 4.78 is 2.44. The second-order valence-corrected chi connectivity index (χ2v) is 13.2. The zero-order chi connectivity index (χ0) is 30.2. The lowest BCUT2D eigenvalue weighted by Crippen LogP contribution is -1.97. The van der Waals surface area contributed by atoms with E-state index in [0.717, 1.165) is 0 Å². The molecule has 10 rings (SSSR count). The Morgan fingerprint density at radius 2 is 1.04 bits per heavy atom. The van der Waals surface area contributed by atoms with Crippen LogP contribution in [0.15, 0.2) is 174 Å². The summed E-state index contributed by atoms with van der Waals surface area (Å²) in [6.07, 6.45) is 0. The Morgan fingerprint density at radius 1 is 0.370 bits per heavy atom. The molecule has 0 saturated carbocycles. The van der Waals surface area contributed by atoms with Gasteiger partial charge in [-0.3, -0.25) is 0 Å². The van der Waals surface area contributed by atoms with Gasteiger partial charge in [-0.1, -0.05) is 133 Å². The Balaban J connectivity index is 1.09. The van der Waals surface area contributed by atoms with Crippen LogP contribution in [0.2, 0.25) is 0 Å². The molecule has 0 radical (unpaired) electrons. The molecule has 0 unspecified atom stereocenters. The Hall–Kier alpha value is -5.57. The SMILES string of the molecule is c1ccc(-n2c3ccccc3c3cc4ccccc4cc32)c(-c2ccc(-c3ccc4c(c3)-c3cccc5cccc(c35)S4)cc2)c1. The molecule has 0 atom stereocenters. The van der Waals surface area contributed by atoms with Crippen LogP contribution < -0.4 is 0 Å². The molecule has 8 aromatic carbocycles. The highest BCUT2D eigenvalue weighted by Crippen LogP contribution is 2.49. The molecule has 9 aromatic rings. The summed E-state index contributed by atoms with van der Waals surface area (Å²) in [5.41, 5.74) is 11.2. The molecule has 0 amide bonds. The summed E-state index contributed by atoms with van der Waals surface area (Å²) >= 11 is 1.88. The normalized spacial score (nSPS) is 12.3. The molecule has 2 heteroatoms. The predicted molar refractivity (Wildman–Crippen MR) is 196 cm³/mol. The van der Waals surface area contributed by atoms with E-state index >= 15 is 0 Å². The fourth-order valence-corrected chi connectivity index (χ4v) is 8.54. The van der Waals surface area contributed by atoms with E-state index in [4.69, 9.17) is 0 Å². The van der Waals surface area contributed by atoms with Crippen LogP contribution in [0.25, 0.3) is 82.4 Å². The lowest BCUT2D eigenvalue weighted by atomic mass is 9.94. The van der Waals surface area contributed by atoms with Gasteiger partial charge in [-0.15, -0.1) is 0 Å². The molecular weight excluding hydrogens is 575 g/mol. The number of fused-ring (bicyclic) bond motifs is 6. The standard InChI is InChI=1S/C44H27NS/c1-2-10-32-27-41-37(25-31(32)9-1)35-14-4-6-17-40(35)45(41)39-16-5-3-13-34(39)29-21-19-28(20-22-29)33-23-24-42-38(26-33)36-15-7-11-30-12-8-18-43(46-42)44(30)36/h1-27H. The number of benzene rings is 8. The topological polar surface area (TPSA) is 4.93 Å². The quantitative estimate of drug-likeness (QED) is 0.195. The van der Waals surface area contributed by atoms with Gasteiger partial charge >= 0.3 is 0 Å². The van der Waals surface area contributed by atoms with Crippen molar-refractivity contribution in [2.24, 2.45) is 0 Å². The van der Waals surface area contributed by atoms with Crippen molar-refractivity contribution in [2.75, 3.05) is 0 Å². The van der Waals surface area contributed by atoms with E-state index in [-0.39, 0.29) is 0 Å². The predicted octanol–water partition coefficient (Wildman–Crippen LogP) is 12.6. The maximum absolute atomic E-state index is 2.44. The molecule has 0 bridgehead atoms. The molecule has 1 aliphatic rings. The van der Waals surface area contributed by atoms with Crippen molar-refractivity contribution in [1.82, 2.24) is 4.57 Å². The van der Waals surface area contributed by atoms with Gasteiger partial charge in [0.1, 0.15) is 0 Å². The summed E-state index contributed by atoms with van der Waals surface area (Å²) in [4.78, 5) is 2.66. The van der Waals surface area contributed by atoms with E-state index < -0.39 is 0 Å². The average Bonchev–Trinajstić information content (AvgIpc) is 3.44. The van der Waals surface area contributed by atoms with E-state index in [1.165, 1.54) is 92.2 Å². The van der Waals surface area contributed by atoms with Crippen molar-refractivity contribution >= 4 is 55.1 Å². The minimum absolute atomic E-state index is 1.19. The van der Waals surface area contributed by atoms with Gasteiger partial charge in [0.15, 0.2) is 0 Å². The number of rotatable bonds is 3. The molecule has 1 aliphatic heterocycles. The van der Waals surface area contributed by atoms with E-state index in [9.17, 15) is 0 Å². The number of aromatic nitrogens is 1. The summed E-state index contributed by atoms with van der Waals surface area (Å²) in [6.45, 7) is 0. The molecule has 1 aromatic heterocycles. The maximum atomic E-state index is 2.44. The highest BCUT2D eigenvalue weighted by atomic mass is 32.2. The molecule has 46 heavy (non-hydrogen) atoms. The molecular formula is C44H27NS. The van der Waals surface area contributed by atoms with Gasteiger partial charge in [0, 0.05) is 31.5 Å². The van der Waals surface area contributed by atoms with Crippen LogP contribution in [0.1, 0.15) is 0 Å². The lowest BCUT2D eigenvalue weighted by Gasteiger charge is -2.21. The summed E-state index contributed by atoms with van der Waals surface area (Å²) in [7, 11) is 0. The number of nitrogens with zero attached hydrogens (tertiary/aromatic N) is 1. The molecule has 0 saturated heterocycles. The first-order chi connectivity index (χ1) is 22.8. The van der Waals surface area contributed by atoms with E-state index in [2.05, 4.69) is 168 Å². The van der Waals surface area contributed by atoms with Crippen molar-refractivity contribution in [1.29, 1.82) is 0 Å². The smallest absolute Gasteiger partial charge is 0.0547 e. The van der Waals surface area contributed by atoms with Crippen molar-refractivity contribution in [2.45, 2.75) is 9.79 Å². The second kappa shape index (κ2) is 9.97. The number of hydrogen-bond donors (Lipinski definition) is 0. The minimum Gasteiger partial charge on any atom is -0.309 e. The average molecular weight is 602 g/mol. The maximum Gasteiger partial charge on any atom is 0.0547 e. The first kappa shape index (κ1) is 25.7. The molecule has 214 valence electrons. The first-order valence-corrected chi connectivity index (χ1v) is 16.6. The van der Waals surface area contributed by atoms with Gasteiger partial charge in [-0.25, -0.2) is 0 Å². The Kier molecular flexibility index (Phi) is 5.58. The molecule has 1 nitrogen and oxygen atoms in total. The van der Waals surface area contributed by atoms with Crippen molar-refractivity contribution < 1.29 is 0 Å². The van der Waals surface area contributed by atoms with Crippen molar-refractivity contribution in [3.05, 3.63) is 164 Å². The second-order valence-electron chi connectivity index (χ2n) is 12.1. The molecule has 0 N–H and O–H groups in total. The summed E-state index contributed by atoms with van der Waals surface area (Å²) in [5.74, 6) is 0. The van der Waals surface area contributed by atoms with Gasteiger partial charge < -0.3 is 4.57 Å². The third-order valence-corrected chi connectivity index (χ3v) is 10.7.